The van der Waals surface area contributed by atoms with Gasteiger partial charge < -0.3 is 14.6 Å². The lowest BCUT2D eigenvalue weighted by Gasteiger charge is -2.36. The molecule has 1 aliphatic heterocycles. The summed E-state index contributed by atoms with van der Waals surface area (Å²) in [5.41, 5.74) is 2.11. The molecular formula is C25H27N3O2S. The first kappa shape index (κ1) is 20.1. The van der Waals surface area contributed by atoms with Gasteiger partial charge in [-0.25, -0.2) is 0 Å². The van der Waals surface area contributed by atoms with Crippen LogP contribution in [0.5, 0.6) is 5.75 Å². The maximum Gasteiger partial charge on any atom is 0.248 e. The minimum Gasteiger partial charge on any atom is -0.493 e. The number of H-pyrrole nitrogens is 1. The van der Waals surface area contributed by atoms with Crippen LogP contribution in [-0.4, -0.2) is 49.2 Å². The summed E-state index contributed by atoms with van der Waals surface area (Å²) in [6, 6.07) is 18.1. The minimum atomic E-state index is -0.0863. The molecular weight excluding hydrogens is 406 g/mol. The van der Waals surface area contributed by atoms with Gasteiger partial charge in [-0.2, -0.15) is 0 Å². The summed E-state index contributed by atoms with van der Waals surface area (Å²) in [5, 5.41) is 4.53. The fourth-order valence-corrected chi connectivity index (χ4v) is 5.18. The van der Waals surface area contributed by atoms with E-state index in [2.05, 4.69) is 44.4 Å². The predicted octanol–water partition coefficient (Wildman–Crippen LogP) is 4.72. The lowest BCUT2D eigenvalue weighted by Crippen LogP contribution is -2.46. The van der Waals surface area contributed by atoms with Crippen LogP contribution in [0.4, 0.5) is 5.69 Å². The molecule has 4 aromatic rings. The zero-order chi connectivity index (χ0) is 21.0. The molecule has 0 amide bonds. The molecule has 0 atom stereocenters. The zero-order valence-corrected chi connectivity index (χ0v) is 18.4. The van der Waals surface area contributed by atoms with E-state index < -0.39 is 0 Å². The molecule has 0 bridgehead atoms. The van der Waals surface area contributed by atoms with Gasteiger partial charge in [0.15, 0.2) is 0 Å². The minimum absolute atomic E-state index is 0.0863. The highest BCUT2D eigenvalue weighted by molar-refractivity contribution is 7.17. The maximum atomic E-state index is 11.5. The molecule has 1 N–H and O–H groups in total. The highest BCUT2D eigenvalue weighted by atomic mass is 32.1. The van der Waals surface area contributed by atoms with E-state index in [4.69, 9.17) is 4.74 Å². The van der Waals surface area contributed by atoms with Crippen LogP contribution in [0.1, 0.15) is 12.8 Å². The summed E-state index contributed by atoms with van der Waals surface area (Å²) in [7, 11) is 0. The van der Waals surface area contributed by atoms with Gasteiger partial charge in [-0.3, -0.25) is 9.69 Å². The molecule has 1 aliphatic rings. The third kappa shape index (κ3) is 4.45. The second-order valence-corrected chi connectivity index (χ2v) is 8.98. The largest absolute Gasteiger partial charge is 0.493 e. The van der Waals surface area contributed by atoms with Crippen molar-refractivity contribution in [3.05, 3.63) is 70.3 Å². The van der Waals surface area contributed by atoms with E-state index in [1.807, 2.05) is 35.6 Å². The number of rotatable bonds is 7. The van der Waals surface area contributed by atoms with Gasteiger partial charge in [0.25, 0.3) is 0 Å². The zero-order valence-electron chi connectivity index (χ0n) is 17.5. The Morgan fingerprint density at radius 2 is 1.77 bits per heavy atom. The summed E-state index contributed by atoms with van der Waals surface area (Å²) < 4.78 is 7.38. The highest BCUT2D eigenvalue weighted by Crippen LogP contribution is 2.31. The van der Waals surface area contributed by atoms with E-state index in [1.54, 1.807) is 6.07 Å². The molecule has 1 fully saturated rings. The van der Waals surface area contributed by atoms with Gasteiger partial charge in [-0.15, -0.1) is 11.3 Å². The van der Waals surface area contributed by atoms with Crippen molar-refractivity contribution >= 4 is 38.0 Å². The van der Waals surface area contributed by atoms with Gasteiger partial charge in [0, 0.05) is 53.4 Å². The molecule has 2 aromatic heterocycles. The van der Waals surface area contributed by atoms with Gasteiger partial charge in [-0.05, 0) is 61.2 Å². The number of hydrogen-bond donors (Lipinski definition) is 1. The second kappa shape index (κ2) is 9.12. The van der Waals surface area contributed by atoms with Crippen LogP contribution in [0.25, 0.3) is 21.0 Å². The number of nitrogens with one attached hydrogen (secondary N) is 1. The summed E-state index contributed by atoms with van der Waals surface area (Å²) in [6.07, 6.45) is 2.15. The Morgan fingerprint density at radius 1 is 0.903 bits per heavy atom. The molecule has 0 radical (unpaired) electrons. The number of benzene rings is 2. The van der Waals surface area contributed by atoms with Crippen molar-refractivity contribution in [2.45, 2.75) is 12.8 Å². The molecule has 0 saturated carbocycles. The lowest BCUT2D eigenvalue weighted by molar-refractivity contribution is 0.239. The number of hydrogen-bond acceptors (Lipinski definition) is 5. The number of unbranched alkanes of at least 4 members (excludes halogenated alkanes) is 1. The Kier molecular flexibility index (Phi) is 5.91. The SMILES string of the molecule is O=c1ccc2c(OCCCCN3CCN(c4cccc5sccc45)CC3)cccc2[nH]1. The van der Waals surface area contributed by atoms with Crippen LogP contribution in [0, 0.1) is 0 Å². The summed E-state index contributed by atoms with van der Waals surface area (Å²) >= 11 is 1.82. The van der Waals surface area contributed by atoms with Crippen molar-refractivity contribution in [3.8, 4) is 5.75 Å². The monoisotopic (exact) mass is 433 g/mol. The van der Waals surface area contributed by atoms with Crippen molar-refractivity contribution in [2.24, 2.45) is 0 Å². The number of aromatic nitrogens is 1. The van der Waals surface area contributed by atoms with Gasteiger partial charge in [-0.1, -0.05) is 12.1 Å². The van der Waals surface area contributed by atoms with Crippen molar-refractivity contribution in [2.75, 3.05) is 44.2 Å². The molecule has 0 aliphatic carbocycles. The Morgan fingerprint density at radius 3 is 2.68 bits per heavy atom. The van der Waals surface area contributed by atoms with E-state index in [0.29, 0.717) is 6.61 Å². The summed E-state index contributed by atoms with van der Waals surface area (Å²) in [6.45, 7) is 6.19. The number of anilines is 1. The third-order valence-corrected chi connectivity index (χ3v) is 6.92. The predicted molar refractivity (Wildman–Crippen MR) is 130 cm³/mol. The Labute approximate surface area is 185 Å². The van der Waals surface area contributed by atoms with Gasteiger partial charge in [0.05, 0.1) is 12.1 Å². The molecule has 5 rings (SSSR count). The fraction of sp³-hybridized carbons (Fsp3) is 0.320. The van der Waals surface area contributed by atoms with E-state index in [-0.39, 0.29) is 5.56 Å². The van der Waals surface area contributed by atoms with E-state index >= 15 is 0 Å². The normalized spacial score (nSPS) is 15.0. The number of ether oxygens (including phenoxy) is 1. The Hall–Kier alpha value is -2.83. The number of aromatic amines is 1. The molecule has 31 heavy (non-hydrogen) atoms. The average Bonchev–Trinajstić information content (AvgIpc) is 3.28. The number of piperazine rings is 1. The Balaban J connectivity index is 1.07. The highest BCUT2D eigenvalue weighted by Gasteiger charge is 2.18. The smallest absolute Gasteiger partial charge is 0.248 e. The molecule has 1 saturated heterocycles. The van der Waals surface area contributed by atoms with Crippen LogP contribution in [-0.2, 0) is 0 Å². The van der Waals surface area contributed by atoms with Crippen molar-refractivity contribution in [3.63, 3.8) is 0 Å². The van der Waals surface area contributed by atoms with Gasteiger partial charge in [0.1, 0.15) is 5.75 Å². The molecule has 160 valence electrons. The van der Waals surface area contributed by atoms with E-state index in [1.165, 1.54) is 15.8 Å². The van der Waals surface area contributed by atoms with Crippen LogP contribution in [0.15, 0.2) is 64.8 Å². The average molecular weight is 434 g/mol. The van der Waals surface area contributed by atoms with Gasteiger partial charge >= 0.3 is 0 Å². The second-order valence-electron chi connectivity index (χ2n) is 8.03. The quantitative estimate of drug-likeness (QED) is 0.428. The van der Waals surface area contributed by atoms with Crippen molar-refractivity contribution in [1.29, 1.82) is 0 Å². The summed E-state index contributed by atoms with van der Waals surface area (Å²) in [5.74, 6) is 0.838. The van der Waals surface area contributed by atoms with Crippen LogP contribution < -0.4 is 15.2 Å². The number of pyridine rings is 1. The number of thiophene rings is 1. The summed E-state index contributed by atoms with van der Waals surface area (Å²) in [4.78, 5) is 19.4. The van der Waals surface area contributed by atoms with Crippen LogP contribution >= 0.6 is 11.3 Å². The molecule has 0 unspecified atom stereocenters. The molecule has 5 nitrogen and oxygen atoms in total. The molecule has 0 spiro atoms. The molecule has 3 heterocycles. The number of nitrogens with zero attached hydrogens (tertiary/aromatic N) is 2. The lowest BCUT2D eigenvalue weighted by atomic mass is 10.2. The van der Waals surface area contributed by atoms with E-state index in [9.17, 15) is 4.79 Å². The van der Waals surface area contributed by atoms with Crippen molar-refractivity contribution < 1.29 is 4.74 Å². The Bertz CT molecular complexity index is 1220. The topological polar surface area (TPSA) is 48.6 Å². The van der Waals surface area contributed by atoms with Crippen LogP contribution in [0.2, 0.25) is 0 Å². The van der Waals surface area contributed by atoms with E-state index in [0.717, 1.165) is 62.2 Å². The first-order chi connectivity index (χ1) is 15.3. The van der Waals surface area contributed by atoms with Gasteiger partial charge in [0.2, 0.25) is 5.56 Å². The molecule has 6 heteroatoms. The maximum absolute atomic E-state index is 11.5. The fourth-order valence-electron chi connectivity index (χ4n) is 4.37. The molecule has 2 aromatic carbocycles. The van der Waals surface area contributed by atoms with Crippen molar-refractivity contribution in [1.82, 2.24) is 9.88 Å². The van der Waals surface area contributed by atoms with Crippen LogP contribution in [0.3, 0.4) is 0 Å². The first-order valence-electron chi connectivity index (χ1n) is 11.0. The first-order valence-corrected chi connectivity index (χ1v) is 11.8. The third-order valence-electron chi connectivity index (χ3n) is 6.04. The standard InChI is InChI=1S/C25H27N3O2S/c29-25-10-9-19-21(26-25)5-3-7-23(19)30-17-2-1-12-27-13-15-28(16-14-27)22-6-4-8-24-20(22)11-18-31-24/h3-11,18H,1-2,12-17H2,(H,26,29). The number of fused-ring (bicyclic) bond motifs is 2.